The molecule has 0 aliphatic carbocycles. The second-order valence-corrected chi connectivity index (χ2v) is 31.6. The first kappa shape index (κ1) is 40.3. The molecule has 0 bridgehead atoms. The summed E-state index contributed by atoms with van der Waals surface area (Å²) in [7, 11) is -3.07. The molecule has 0 saturated heterocycles. The van der Waals surface area contributed by atoms with Gasteiger partial charge in [0.2, 0.25) is 0 Å². The van der Waals surface area contributed by atoms with E-state index in [-0.39, 0.29) is 20.4 Å². The van der Waals surface area contributed by atoms with E-state index in [4.69, 9.17) is 0 Å². The fourth-order valence-electron chi connectivity index (χ4n) is 3.50. The van der Waals surface area contributed by atoms with E-state index in [0.717, 1.165) is 0 Å². The van der Waals surface area contributed by atoms with Crippen molar-refractivity contribution in [2.75, 3.05) is 80.0 Å². The van der Waals surface area contributed by atoms with Crippen molar-refractivity contribution in [2.45, 2.75) is 0 Å². The summed E-state index contributed by atoms with van der Waals surface area (Å²) < 4.78 is 0. The quantitative estimate of drug-likeness (QED) is 0.146. The van der Waals surface area contributed by atoms with Crippen molar-refractivity contribution in [3.63, 3.8) is 0 Å². The van der Waals surface area contributed by atoms with Gasteiger partial charge in [0.05, 0.1) is 101 Å². The van der Waals surface area contributed by atoms with E-state index >= 15 is 0 Å². The molecule has 0 N–H and O–H groups in total. The van der Waals surface area contributed by atoms with Crippen LogP contribution in [0.4, 0.5) is 0 Å². The molecule has 226 valence electrons. The maximum Gasteiger partial charge on any atom is 0.0930 e. The minimum absolute atomic E-state index is 0. The molecule has 0 saturated carbocycles. The molecule has 0 fully saturated rings. The van der Waals surface area contributed by atoms with Gasteiger partial charge in [0.1, 0.15) is 0 Å². The minimum Gasteiger partial charge on any atom is -0.0620 e. The maximum absolute atomic E-state index is 2.34. The van der Waals surface area contributed by atoms with Gasteiger partial charge in [-0.2, -0.15) is 0 Å². The average Bonchev–Trinajstić information content (AvgIpc) is 2.90. The molecule has 0 unspecified atom stereocenters. The maximum atomic E-state index is 2.34. The molecule has 0 spiro atoms. The van der Waals surface area contributed by atoms with Crippen LogP contribution in [-0.4, -0.2) is 80.0 Å². The van der Waals surface area contributed by atoms with Crippen LogP contribution in [0.1, 0.15) is 0 Å². The molecule has 0 atom stereocenters. The Labute approximate surface area is 270 Å². The molecule has 0 heterocycles. The third kappa shape index (κ3) is 17.9. The third-order valence-electron chi connectivity index (χ3n) is 6.12. The molecule has 0 aliphatic rings. The molecule has 0 amide bonds. The fourth-order valence-corrected chi connectivity index (χ4v) is 7.77. The predicted octanol–water partition coefficient (Wildman–Crippen LogP) is 8.87. The third-order valence-corrected chi connectivity index (χ3v) is 13.5. The Morgan fingerprint density at radius 3 is 0.439 bits per heavy atom. The molecule has 0 radical (unpaired) electrons. The van der Waals surface area contributed by atoms with Gasteiger partial charge >= 0.3 is 0 Å². The normalized spacial score (nSPS) is 11.2. The first-order valence-corrected chi connectivity index (χ1v) is 26.4. The van der Waals surface area contributed by atoms with E-state index in [1.807, 2.05) is 0 Å². The van der Waals surface area contributed by atoms with Gasteiger partial charge < -0.3 is 0 Å². The summed E-state index contributed by atoms with van der Waals surface area (Å²) in [6.07, 6.45) is 0. The smallest absolute Gasteiger partial charge is 0.0620 e. The number of rotatable bonds is 4. The van der Waals surface area contributed by atoms with Crippen molar-refractivity contribution < 1.29 is 20.4 Å². The Bertz CT molecular complexity index is 988. The van der Waals surface area contributed by atoms with Gasteiger partial charge in [0.25, 0.3) is 0 Å². The summed E-state index contributed by atoms with van der Waals surface area (Å²) >= 11 is 0. The summed E-state index contributed by atoms with van der Waals surface area (Å²) in [6.45, 7) is 28.0. The second kappa shape index (κ2) is 18.8. The fraction of sp³-hybridized carbons (Fsp3) is 0.333. The zero-order valence-electron chi connectivity index (χ0n) is 27.7. The molecule has 0 aliphatic heterocycles. The molecular weight excluding hydrogens is 663 g/mol. The number of hydrogen-bond donors (Lipinski definition) is 0. The van der Waals surface area contributed by atoms with Gasteiger partial charge in [-0.15, -0.1) is 0 Å². The first-order chi connectivity index (χ1) is 18.4. The molecule has 0 aromatic heterocycles. The molecule has 4 rings (SSSR count). The number of benzene rings is 4. The van der Waals surface area contributed by atoms with Gasteiger partial charge in [-0.25, -0.2) is 0 Å². The summed E-state index contributed by atoms with van der Waals surface area (Å²) in [4.78, 5) is 0. The molecule has 5 heteroatoms. The van der Waals surface area contributed by atoms with E-state index in [2.05, 4.69) is 201 Å². The Morgan fingerprint density at radius 1 is 0.244 bits per heavy atom. The molecule has 4 aromatic rings. The van der Waals surface area contributed by atoms with Gasteiger partial charge in [0.15, 0.2) is 0 Å². The van der Waals surface area contributed by atoms with Crippen LogP contribution >= 0.6 is 29.0 Å². The monoisotopic (exact) mass is 718 g/mol. The Balaban J connectivity index is 0.000000516. The molecule has 0 nitrogen and oxygen atoms in total. The van der Waals surface area contributed by atoms with Gasteiger partial charge in [-0.05, 0) is 48.5 Å². The molecule has 41 heavy (non-hydrogen) atoms. The zero-order chi connectivity index (χ0) is 30.5. The van der Waals surface area contributed by atoms with Gasteiger partial charge in [-0.1, -0.05) is 72.8 Å². The van der Waals surface area contributed by atoms with Crippen molar-refractivity contribution in [3.05, 3.63) is 121 Å². The van der Waals surface area contributed by atoms with Crippen LogP contribution in [0.2, 0.25) is 0 Å². The standard InChI is InChI=1S/4C9H14P.Pd/c4*1-10(2,3)9-7-5-4-6-8-9;/h4*4-8H,1-3H3;/q4*+1;. The molecular formula is C36H56P4Pd+4. The van der Waals surface area contributed by atoms with Crippen LogP contribution in [0.3, 0.4) is 0 Å². The summed E-state index contributed by atoms with van der Waals surface area (Å²) in [6, 6.07) is 42.9. The van der Waals surface area contributed by atoms with Crippen molar-refractivity contribution in [1.29, 1.82) is 0 Å². The largest absolute Gasteiger partial charge is 0.0930 e. The van der Waals surface area contributed by atoms with E-state index in [9.17, 15) is 0 Å². The van der Waals surface area contributed by atoms with Crippen molar-refractivity contribution in [1.82, 2.24) is 0 Å². The van der Waals surface area contributed by atoms with Crippen LogP contribution < -0.4 is 21.2 Å². The van der Waals surface area contributed by atoms with Crippen LogP contribution in [0.15, 0.2) is 121 Å². The Hall–Kier alpha value is -0.738. The average molecular weight is 719 g/mol. The summed E-state index contributed by atoms with van der Waals surface area (Å²) in [5.41, 5.74) is 0. The predicted molar refractivity (Wildman–Crippen MR) is 203 cm³/mol. The summed E-state index contributed by atoms with van der Waals surface area (Å²) in [5.74, 6) is 0. The van der Waals surface area contributed by atoms with Crippen LogP contribution in [0.25, 0.3) is 0 Å². The van der Waals surface area contributed by atoms with Crippen molar-refractivity contribution >= 4 is 50.3 Å². The summed E-state index contributed by atoms with van der Waals surface area (Å²) in [5, 5.41) is 6.04. The van der Waals surface area contributed by atoms with E-state index in [1.54, 1.807) is 0 Å². The first-order valence-electron chi connectivity index (χ1n) is 13.9. The second-order valence-electron chi connectivity index (χ2n) is 13.4. The molecule has 4 aromatic carbocycles. The van der Waals surface area contributed by atoms with E-state index in [1.165, 1.54) is 21.2 Å². The Morgan fingerprint density at radius 2 is 0.366 bits per heavy atom. The van der Waals surface area contributed by atoms with Gasteiger partial charge in [-0.3, -0.25) is 0 Å². The van der Waals surface area contributed by atoms with E-state index < -0.39 is 29.0 Å². The van der Waals surface area contributed by atoms with E-state index in [0.29, 0.717) is 0 Å². The van der Waals surface area contributed by atoms with Crippen molar-refractivity contribution in [3.8, 4) is 0 Å². The minimum atomic E-state index is -0.768. The Kier molecular flexibility index (Phi) is 18.5. The van der Waals surface area contributed by atoms with Crippen LogP contribution in [0.5, 0.6) is 0 Å². The zero-order valence-corrected chi connectivity index (χ0v) is 32.8. The number of hydrogen-bond acceptors (Lipinski definition) is 0. The van der Waals surface area contributed by atoms with Crippen molar-refractivity contribution in [2.24, 2.45) is 0 Å². The van der Waals surface area contributed by atoms with Gasteiger partial charge in [0, 0.05) is 49.5 Å². The van der Waals surface area contributed by atoms with Crippen LogP contribution in [-0.2, 0) is 20.4 Å². The SMILES string of the molecule is C[P+](C)(C)c1ccccc1.C[P+](C)(C)c1ccccc1.C[P+](C)(C)c1ccccc1.C[P+](C)(C)c1ccccc1.[Pd]. The van der Waals surface area contributed by atoms with Crippen LogP contribution in [0, 0.1) is 0 Å². The topological polar surface area (TPSA) is 0 Å².